The average molecular weight is 161 g/mol. The van der Waals surface area contributed by atoms with Gasteiger partial charge in [-0.1, -0.05) is 26.7 Å². The maximum absolute atomic E-state index is 4.81. The molecular formula is C9H23NO. The summed E-state index contributed by atoms with van der Waals surface area (Å²) in [6, 6.07) is 0. The lowest BCUT2D eigenvalue weighted by Gasteiger charge is -2.06. The van der Waals surface area contributed by atoms with Crippen LogP contribution in [0.4, 0.5) is 0 Å². The Labute approximate surface area is 71.5 Å². The highest BCUT2D eigenvalue weighted by molar-refractivity contribution is 4.36. The molecule has 0 rings (SSSR count). The first-order valence-electron chi connectivity index (χ1n) is 4.32. The van der Waals surface area contributed by atoms with Gasteiger partial charge in [0.1, 0.15) is 0 Å². The van der Waals surface area contributed by atoms with Gasteiger partial charge in [0, 0.05) is 13.7 Å². The maximum atomic E-state index is 4.81. The largest absolute Gasteiger partial charge is 0.383 e. The maximum Gasteiger partial charge on any atom is 0.0589 e. The molecule has 0 aromatic carbocycles. The van der Waals surface area contributed by atoms with E-state index in [4.69, 9.17) is 4.74 Å². The number of likely N-dealkylation sites (N-methyl/N-ethyl adjacent to an activating group) is 1. The SMILES string of the molecule is CCCC.COCCN(C)C. The minimum absolute atomic E-state index is 0.826. The van der Waals surface area contributed by atoms with E-state index in [1.54, 1.807) is 7.11 Å². The van der Waals surface area contributed by atoms with Crippen LogP contribution in [-0.4, -0.2) is 39.3 Å². The molecule has 0 N–H and O–H groups in total. The number of ether oxygens (including phenoxy) is 1. The van der Waals surface area contributed by atoms with E-state index in [0.717, 1.165) is 13.2 Å². The predicted octanol–water partition coefficient (Wildman–Crippen LogP) is 2.00. The van der Waals surface area contributed by atoms with Crippen LogP contribution in [0.2, 0.25) is 0 Å². The lowest BCUT2D eigenvalue weighted by atomic mass is 10.4. The molecule has 0 bridgehead atoms. The molecule has 0 radical (unpaired) electrons. The molecule has 0 heterocycles. The first-order valence-corrected chi connectivity index (χ1v) is 4.32. The Kier molecular flexibility index (Phi) is 15.4. The van der Waals surface area contributed by atoms with E-state index in [-0.39, 0.29) is 0 Å². The lowest BCUT2D eigenvalue weighted by Crippen LogP contribution is -2.16. The van der Waals surface area contributed by atoms with Gasteiger partial charge >= 0.3 is 0 Å². The van der Waals surface area contributed by atoms with E-state index in [9.17, 15) is 0 Å². The molecule has 70 valence electrons. The van der Waals surface area contributed by atoms with Gasteiger partial charge in [-0.05, 0) is 14.1 Å². The summed E-state index contributed by atoms with van der Waals surface area (Å²) in [4.78, 5) is 2.09. The summed E-state index contributed by atoms with van der Waals surface area (Å²) in [5.74, 6) is 0. The molecule has 0 aliphatic heterocycles. The van der Waals surface area contributed by atoms with E-state index >= 15 is 0 Å². The molecule has 2 nitrogen and oxygen atoms in total. The average Bonchev–Trinajstić information content (AvgIpc) is 2.01. The topological polar surface area (TPSA) is 12.5 Å². The zero-order valence-corrected chi connectivity index (χ0v) is 8.68. The minimum Gasteiger partial charge on any atom is -0.383 e. The fraction of sp³-hybridized carbons (Fsp3) is 1.00. The third-order valence-electron chi connectivity index (χ3n) is 1.24. The van der Waals surface area contributed by atoms with Gasteiger partial charge < -0.3 is 9.64 Å². The van der Waals surface area contributed by atoms with Gasteiger partial charge in [0.25, 0.3) is 0 Å². The third kappa shape index (κ3) is 25.7. The van der Waals surface area contributed by atoms with Crippen molar-refractivity contribution in [1.29, 1.82) is 0 Å². The number of methoxy groups -OCH3 is 1. The molecule has 0 aromatic heterocycles. The van der Waals surface area contributed by atoms with Crippen LogP contribution in [0.1, 0.15) is 26.7 Å². The van der Waals surface area contributed by atoms with Crippen molar-refractivity contribution in [2.45, 2.75) is 26.7 Å². The van der Waals surface area contributed by atoms with Gasteiger partial charge in [-0.25, -0.2) is 0 Å². The van der Waals surface area contributed by atoms with Crippen LogP contribution < -0.4 is 0 Å². The fourth-order valence-electron chi connectivity index (χ4n) is 0.274. The molecule has 0 aliphatic rings. The van der Waals surface area contributed by atoms with Crippen LogP contribution >= 0.6 is 0 Å². The third-order valence-corrected chi connectivity index (χ3v) is 1.24. The van der Waals surface area contributed by atoms with Crippen LogP contribution in [-0.2, 0) is 4.74 Å². The van der Waals surface area contributed by atoms with Crippen molar-refractivity contribution < 1.29 is 4.74 Å². The first kappa shape index (κ1) is 13.5. The fourth-order valence-corrected chi connectivity index (χ4v) is 0.274. The van der Waals surface area contributed by atoms with Crippen molar-refractivity contribution in [2.24, 2.45) is 0 Å². The lowest BCUT2D eigenvalue weighted by molar-refractivity contribution is 0.172. The molecule has 0 aliphatic carbocycles. The highest BCUT2D eigenvalue weighted by atomic mass is 16.5. The molecule has 0 saturated heterocycles. The molecule has 0 saturated carbocycles. The van der Waals surface area contributed by atoms with Crippen LogP contribution in [0.3, 0.4) is 0 Å². The minimum atomic E-state index is 0.826. The summed E-state index contributed by atoms with van der Waals surface area (Å²) in [5, 5.41) is 0. The van der Waals surface area contributed by atoms with E-state index in [1.165, 1.54) is 12.8 Å². The zero-order valence-electron chi connectivity index (χ0n) is 8.68. The van der Waals surface area contributed by atoms with Gasteiger partial charge in [0.2, 0.25) is 0 Å². The normalized spacial score (nSPS) is 9.27. The molecule has 0 unspecified atom stereocenters. The summed E-state index contributed by atoms with van der Waals surface area (Å²) in [7, 11) is 5.77. The number of rotatable bonds is 4. The first-order chi connectivity index (χ1) is 5.18. The van der Waals surface area contributed by atoms with E-state index < -0.39 is 0 Å². The summed E-state index contributed by atoms with van der Waals surface area (Å²) in [6.07, 6.45) is 2.64. The molecule has 0 fully saturated rings. The smallest absolute Gasteiger partial charge is 0.0589 e. The number of unbranched alkanes of at least 4 members (excludes halogenated alkanes) is 1. The Morgan fingerprint density at radius 2 is 1.55 bits per heavy atom. The van der Waals surface area contributed by atoms with Crippen molar-refractivity contribution in [2.75, 3.05) is 34.4 Å². The summed E-state index contributed by atoms with van der Waals surface area (Å²) in [6.45, 7) is 6.20. The van der Waals surface area contributed by atoms with Crippen molar-refractivity contribution >= 4 is 0 Å². The quantitative estimate of drug-likeness (QED) is 0.625. The van der Waals surface area contributed by atoms with Gasteiger partial charge in [0.15, 0.2) is 0 Å². The molecule has 0 spiro atoms. The van der Waals surface area contributed by atoms with Gasteiger partial charge in [0.05, 0.1) is 6.61 Å². The van der Waals surface area contributed by atoms with Crippen molar-refractivity contribution in [3.05, 3.63) is 0 Å². The van der Waals surface area contributed by atoms with Crippen LogP contribution in [0.25, 0.3) is 0 Å². The number of nitrogens with zero attached hydrogens (tertiary/aromatic N) is 1. The standard InChI is InChI=1S/C5H13NO.C4H10/c1-6(2)4-5-7-3;1-3-4-2/h4-5H2,1-3H3;3-4H2,1-2H3. The molecule has 2 heteroatoms. The number of hydrogen-bond acceptors (Lipinski definition) is 2. The second kappa shape index (κ2) is 12.6. The molecule has 0 atom stereocenters. The van der Waals surface area contributed by atoms with E-state index in [1.807, 2.05) is 14.1 Å². The second-order valence-electron chi connectivity index (χ2n) is 2.80. The van der Waals surface area contributed by atoms with Crippen LogP contribution in [0.15, 0.2) is 0 Å². The Hall–Kier alpha value is -0.0800. The van der Waals surface area contributed by atoms with Crippen molar-refractivity contribution in [3.8, 4) is 0 Å². The second-order valence-corrected chi connectivity index (χ2v) is 2.80. The van der Waals surface area contributed by atoms with Gasteiger partial charge in [-0.2, -0.15) is 0 Å². The zero-order chi connectivity index (χ0) is 9.11. The summed E-state index contributed by atoms with van der Waals surface area (Å²) < 4.78 is 4.81. The van der Waals surface area contributed by atoms with Crippen molar-refractivity contribution in [3.63, 3.8) is 0 Å². The van der Waals surface area contributed by atoms with Gasteiger partial charge in [-0.3, -0.25) is 0 Å². The molecular weight excluding hydrogens is 138 g/mol. The van der Waals surface area contributed by atoms with E-state index in [2.05, 4.69) is 18.7 Å². The highest BCUT2D eigenvalue weighted by Crippen LogP contribution is 1.76. The Balaban J connectivity index is 0. The summed E-state index contributed by atoms with van der Waals surface area (Å²) in [5.41, 5.74) is 0. The number of hydrogen-bond donors (Lipinski definition) is 0. The predicted molar refractivity (Wildman–Crippen MR) is 51.0 cm³/mol. The van der Waals surface area contributed by atoms with E-state index in [0.29, 0.717) is 0 Å². The summed E-state index contributed by atoms with van der Waals surface area (Å²) >= 11 is 0. The molecule has 0 aromatic rings. The highest BCUT2D eigenvalue weighted by Gasteiger charge is 1.83. The van der Waals surface area contributed by atoms with Crippen molar-refractivity contribution in [1.82, 2.24) is 4.90 Å². The molecule has 11 heavy (non-hydrogen) atoms. The van der Waals surface area contributed by atoms with Crippen LogP contribution in [0.5, 0.6) is 0 Å². The van der Waals surface area contributed by atoms with Crippen LogP contribution in [0, 0.1) is 0 Å². The molecule has 0 amide bonds. The Morgan fingerprint density at radius 3 is 1.64 bits per heavy atom. The Morgan fingerprint density at radius 1 is 1.09 bits per heavy atom. The Bertz CT molecular complexity index is 53.5. The monoisotopic (exact) mass is 161 g/mol. The van der Waals surface area contributed by atoms with Gasteiger partial charge in [-0.15, -0.1) is 0 Å².